The number of carboxylic acid groups (broad SMARTS) is 1. The number of carbonyl (C=O) groups excluding carboxylic acids is 1. The Morgan fingerprint density at radius 3 is 2.24 bits per heavy atom. The van der Waals surface area contributed by atoms with Gasteiger partial charge in [0.1, 0.15) is 0 Å². The van der Waals surface area contributed by atoms with Crippen molar-refractivity contribution in [2.75, 3.05) is 25.4 Å². The molecule has 9 unspecified atom stereocenters. The number of hydrogen-bond donors (Lipinski definition) is 4. The lowest BCUT2D eigenvalue weighted by Crippen LogP contribution is -2.62. The molecule has 4 N–H and O–H groups in total. The van der Waals surface area contributed by atoms with E-state index in [9.17, 15) is 23.1 Å². The summed E-state index contributed by atoms with van der Waals surface area (Å²) in [6.07, 6.45) is 12.1. The Morgan fingerprint density at radius 2 is 1.59 bits per heavy atom. The van der Waals surface area contributed by atoms with Crippen LogP contribution < -0.4 is 10.6 Å². The van der Waals surface area contributed by atoms with Crippen LogP contribution >= 0.6 is 0 Å². The molecule has 4 fully saturated rings. The molecule has 0 heterocycles. The second-order valence-corrected chi connectivity index (χ2v) is 19.0. The number of fused-ring (bicyclic) bond motifs is 7. The van der Waals surface area contributed by atoms with E-state index in [1.807, 2.05) is 12.1 Å². The highest BCUT2D eigenvalue weighted by atomic mass is 32.2. The van der Waals surface area contributed by atoms with Crippen molar-refractivity contribution in [3.05, 3.63) is 53.6 Å². The van der Waals surface area contributed by atoms with Crippen LogP contribution in [0.2, 0.25) is 0 Å². The summed E-state index contributed by atoms with van der Waals surface area (Å²) in [4.78, 5) is 25.7. The Morgan fingerprint density at radius 1 is 0.898 bits per heavy atom. The van der Waals surface area contributed by atoms with Crippen molar-refractivity contribution < 1.29 is 27.7 Å². The first-order chi connectivity index (χ1) is 23.0. The zero-order valence-corrected chi connectivity index (χ0v) is 31.0. The zero-order valence-electron chi connectivity index (χ0n) is 30.2. The molecule has 1 amide bonds. The van der Waals surface area contributed by atoms with Gasteiger partial charge in [-0.15, -0.1) is 0 Å². The lowest BCUT2D eigenvalue weighted by atomic mass is 9.36. The van der Waals surface area contributed by atoms with Crippen molar-refractivity contribution in [3.8, 4) is 0 Å². The molecule has 4 saturated carbocycles. The van der Waals surface area contributed by atoms with Crippen molar-refractivity contribution in [1.82, 2.24) is 10.6 Å². The van der Waals surface area contributed by atoms with E-state index in [-0.39, 0.29) is 39.9 Å². The molecule has 8 nitrogen and oxygen atoms in total. The third-order valence-corrected chi connectivity index (χ3v) is 15.5. The minimum atomic E-state index is -4.01. The van der Waals surface area contributed by atoms with Crippen molar-refractivity contribution in [3.63, 3.8) is 0 Å². The van der Waals surface area contributed by atoms with Crippen LogP contribution in [0, 0.1) is 57.2 Å². The van der Waals surface area contributed by atoms with Gasteiger partial charge >= 0.3 is 5.97 Å². The van der Waals surface area contributed by atoms with Gasteiger partial charge in [0.15, 0.2) is 0 Å². The van der Waals surface area contributed by atoms with Gasteiger partial charge in [0, 0.05) is 19.6 Å². The first-order valence-corrected chi connectivity index (χ1v) is 20.2. The molecule has 0 aliphatic heterocycles. The molecule has 0 saturated heterocycles. The number of nitrogens with one attached hydrogen (secondary N) is 2. The maximum Gasteiger partial charge on any atom is 0.335 e. The molecule has 0 aromatic heterocycles. The fraction of sp³-hybridized carbons (Fsp3) is 0.700. The maximum absolute atomic E-state index is 14.2. The highest BCUT2D eigenvalue weighted by Crippen LogP contribution is 2.74. The number of amides is 1. The van der Waals surface area contributed by atoms with Gasteiger partial charge in [0.05, 0.1) is 16.7 Å². The Balaban J connectivity index is 1.22. The molecule has 5 aliphatic rings. The summed E-state index contributed by atoms with van der Waals surface area (Å²) < 4.78 is 31.1. The Bertz CT molecular complexity index is 1620. The van der Waals surface area contributed by atoms with Crippen molar-refractivity contribution in [2.45, 2.75) is 92.4 Å². The summed E-state index contributed by atoms with van der Waals surface area (Å²) in [5.41, 5.74) is 3.97. The van der Waals surface area contributed by atoms with Crippen LogP contribution in [0.1, 0.15) is 108 Å². The molecule has 6 rings (SSSR count). The van der Waals surface area contributed by atoms with Crippen LogP contribution in [0.15, 0.2) is 42.5 Å². The minimum absolute atomic E-state index is 0.0343. The highest BCUT2D eigenvalue weighted by Gasteiger charge is 2.67. The Labute approximate surface area is 293 Å². The van der Waals surface area contributed by atoms with E-state index in [2.05, 4.69) is 57.9 Å². The SMILES string of the molecule is C=C(C)C1CCC2(C(=O)NCCNCCS(=O)(=O)O)CCC3C(CCC4C3(C)CCC3C(C)(C)C(c5ccc(C(=O)O)cc5)=CCC34C)C12. The van der Waals surface area contributed by atoms with Crippen LogP contribution in [-0.2, 0) is 14.9 Å². The van der Waals surface area contributed by atoms with Gasteiger partial charge < -0.3 is 15.7 Å². The smallest absolute Gasteiger partial charge is 0.335 e. The van der Waals surface area contributed by atoms with Crippen molar-refractivity contribution in [2.24, 2.45) is 57.2 Å². The monoisotopic (exact) mass is 694 g/mol. The molecule has 1 aromatic carbocycles. The van der Waals surface area contributed by atoms with Gasteiger partial charge in [-0.2, -0.15) is 8.42 Å². The number of benzene rings is 1. The van der Waals surface area contributed by atoms with E-state index in [4.69, 9.17) is 4.55 Å². The summed E-state index contributed by atoms with van der Waals surface area (Å²) in [5.74, 6) is 1.77. The van der Waals surface area contributed by atoms with Gasteiger partial charge in [0.2, 0.25) is 5.91 Å². The fourth-order valence-corrected chi connectivity index (χ4v) is 13.3. The van der Waals surface area contributed by atoms with E-state index in [0.29, 0.717) is 54.2 Å². The Hall–Kier alpha value is -2.49. The number of carboxylic acids is 1. The molecule has 0 spiro atoms. The van der Waals surface area contributed by atoms with E-state index in [1.165, 1.54) is 30.4 Å². The average Bonchev–Trinajstić information content (AvgIpc) is 3.44. The average molecular weight is 695 g/mol. The standard InChI is InChI=1S/C40H58N2O6S/c1-25(2)28-13-19-40(36(45)42-22-21-41-23-24-49(46,47)48)20-15-31-29(34(28)40)11-12-33-38(31,5)18-16-32-37(3,4)30(14-17-39(32,33)6)26-7-9-27(10-8-26)35(43)44/h7-10,14,28-29,31-34,41H,1,11-13,15-24H2,2-6H3,(H,42,45)(H,43,44)(H,46,47,48). The molecule has 49 heavy (non-hydrogen) atoms. The predicted octanol–water partition coefficient (Wildman–Crippen LogP) is 7.24. The number of aromatic carboxylic acids is 1. The summed E-state index contributed by atoms with van der Waals surface area (Å²) in [5, 5.41) is 15.7. The number of hydrogen-bond acceptors (Lipinski definition) is 5. The van der Waals surface area contributed by atoms with E-state index in [0.717, 1.165) is 44.1 Å². The summed E-state index contributed by atoms with van der Waals surface area (Å²) in [6, 6.07) is 7.44. The molecule has 5 aliphatic carbocycles. The lowest BCUT2D eigenvalue weighted by Gasteiger charge is -2.68. The maximum atomic E-state index is 14.2. The normalized spacial score (nSPS) is 37.9. The number of allylic oxidation sites excluding steroid dienone is 3. The Kier molecular flexibility index (Phi) is 9.58. The topological polar surface area (TPSA) is 133 Å². The van der Waals surface area contributed by atoms with Crippen LogP contribution in [-0.4, -0.2) is 55.3 Å². The van der Waals surface area contributed by atoms with E-state index < -0.39 is 16.1 Å². The molecule has 270 valence electrons. The van der Waals surface area contributed by atoms with Gasteiger partial charge in [0.25, 0.3) is 10.1 Å². The second kappa shape index (κ2) is 12.9. The predicted molar refractivity (Wildman–Crippen MR) is 193 cm³/mol. The van der Waals surface area contributed by atoms with E-state index in [1.54, 1.807) is 12.1 Å². The van der Waals surface area contributed by atoms with Crippen LogP contribution in [0.25, 0.3) is 5.57 Å². The first kappa shape index (κ1) is 36.3. The van der Waals surface area contributed by atoms with Crippen molar-refractivity contribution >= 4 is 27.6 Å². The van der Waals surface area contributed by atoms with Crippen LogP contribution in [0.3, 0.4) is 0 Å². The van der Waals surface area contributed by atoms with Gasteiger partial charge in [-0.25, -0.2) is 4.79 Å². The molecule has 0 bridgehead atoms. The highest BCUT2D eigenvalue weighted by molar-refractivity contribution is 7.85. The number of carbonyl (C=O) groups is 2. The number of rotatable bonds is 10. The molecule has 1 aromatic rings. The fourth-order valence-electron chi connectivity index (χ4n) is 12.9. The summed E-state index contributed by atoms with van der Waals surface area (Å²) >= 11 is 0. The third kappa shape index (κ3) is 6.13. The molecule has 9 heteroatoms. The van der Waals surface area contributed by atoms with Crippen LogP contribution in [0.5, 0.6) is 0 Å². The minimum Gasteiger partial charge on any atom is -0.478 e. The second-order valence-electron chi connectivity index (χ2n) is 17.4. The summed E-state index contributed by atoms with van der Waals surface area (Å²) in [6.45, 7) is 17.6. The first-order valence-electron chi connectivity index (χ1n) is 18.6. The van der Waals surface area contributed by atoms with Gasteiger partial charge in [-0.3, -0.25) is 9.35 Å². The summed E-state index contributed by atoms with van der Waals surface area (Å²) in [7, 11) is -4.01. The van der Waals surface area contributed by atoms with Gasteiger partial charge in [-0.05, 0) is 140 Å². The quantitative estimate of drug-likeness (QED) is 0.115. The molecule has 0 radical (unpaired) electrons. The zero-order chi connectivity index (χ0) is 35.6. The van der Waals surface area contributed by atoms with Crippen LogP contribution in [0.4, 0.5) is 0 Å². The van der Waals surface area contributed by atoms with E-state index >= 15 is 0 Å². The van der Waals surface area contributed by atoms with Crippen molar-refractivity contribution in [1.29, 1.82) is 0 Å². The molecular weight excluding hydrogens is 637 g/mol. The third-order valence-electron chi connectivity index (χ3n) is 14.8. The largest absolute Gasteiger partial charge is 0.478 e. The lowest BCUT2D eigenvalue weighted by molar-refractivity contribution is -0.184. The molecule has 9 atom stereocenters. The van der Waals surface area contributed by atoms with Gasteiger partial charge in [-0.1, -0.05) is 58.1 Å². The molecular formula is C40H58N2O6S.